The molecule has 1 heterocycles. The summed E-state index contributed by atoms with van der Waals surface area (Å²) in [5.41, 5.74) is 0.757. The summed E-state index contributed by atoms with van der Waals surface area (Å²) < 4.78 is 5.35. The van der Waals surface area contributed by atoms with Gasteiger partial charge in [-0.3, -0.25) is 4.90 Å². The standard InChI is InChI=1S/C15H23ClN2O2/c1-17-7-4-8-18(2)13(10-17)15(19)12-9-11(16)5-6-14(12)20-3/h5-6,9,13,15,19H,4,7-8,10H2,1-3H3. The third kappa shape index (κ3) is 3.44. The molecule has 2 rings (SSSR count). The van der Waals surface area contributed by atoms with Crippen molar-refractivity contribution < 1.29 is 9.84 Å². The van der Waals surface area contributed by atoms with Gasteiger partial charge in [0.1, 0.15) is 5.75 Å². The van der Waals surface area contributed by atoms with Gasteiger partial charge in [0.05, 0.1) is 19.3 Å². The quantitative estimate of drug-likeness (QED) is 0.926. The van der Waals surface area contributed by atoms with E-state index in [4.69, 9.17) is 16.3 Å². The molecule has 1 saturated heterocycles. The first-order chi connectivity index (χ1) is 9.52. The van der Waals surface area contributed by atoms with Gasteiger partial charge in [0.15, 0.2) is 0 Å². The van der Waals surface area contributed by atoms with Gasteiger partial charge in [-0.25, -0.2) is 0 Å². The second kappa shape index (κ2) is 6.76. The molecule has 2 atom stereocenters. The molecule has 4 nitrogen and oxygen atoms in total. The lowest BCUT2D eigenvalue weighted by molar-refractivity contribution is 0.0555. The van der Waals surface area contributed by atoms with Gasteiger partial charge in [-0.2, -0.15) is 0 Å². The lowest BCUT2D eigenvalue weighted by Crippen LogP contribution is -2.42. The predicted octanol–water partition coefficient (Wildman–Crippen LogP) is 2.02. The Kier molecular flexibility index (Phi) is 5.27. The van der Waals surface area contributed by atoms with Crippen molar-refractivity contribution in [2.75, 3.05) is 40.8 Å². The lowest BCUT2D eigenvalue weighted by Gasteiger charge is -2.32. The number of hydrogen-bond donors (Lipinski definition) is 1. The average Bonchev–Trinajstić information content (AvgIpc) is 2.59. The van der Waals surface area contributed by atoms with E-state index in [1.807, 2.05) is 0 Å². The fraction of sp³-hybridized carbons (Fsp3) is 0.600. The predicted molar refractivity (Wildman–Crippen MR) is 81.5 cm³/mol. The topological polar surface area (TPSA) is 35.9 Å². The molecular weight excluding hydrogens is 276 g/mol. The lowest BCUT2D eigenvalue weighted by atomic mass is 10.00. The maximum absolute atomic E-state index is 10.8. The molecule has 0 radical (unpaired) electrons. The summed E-state index contributed by atoms with van der Waals surface area (Å²) in [5.74, 6) is 0.683. The summed E-state index contributed by atoms with van der Waals surface area (Å²) in [7, 11) is 5.76. The molecule has 1 aliphatic heterocycles. The Balaban J connectivity index is 2.28. The van der Waals surface area contributed by atoms with Gasteiger partial charge in [0.25, 0.3) is 0 Å². The van der Waals surface area contributed by atoms with E-state index in [-0.39, 0.29) is 6.04 Å². The number of nitrogens with zero attached hydrogens (tertiary/aromatic N) is 2. The monoisotopic (exact) mass is 298 g/mol. The van der Waals surface area contributed by atoms with E-state index in [1.54, 1.807) is 25.3 Å². The van der Waals surface area contributed by atoms with Crippen LogP contribution >= 0.6 is 11.6 Å². The average molecular weight is 299 g/mol. The van der Waals surface area contributed by atoms with Crippen LogP contribution in [0, 0.1) is 0 Å². The van der Waals surface area contributed by atoms with E-state index >= 15 is 0 Å². The second-order valence-electron chi connectivity index (χ2n) is 5.49. The Hall–Kier alpha value is -0.810. The summed E-state index contributed by atoms with van der Waals surface area (Å²) >= 11 is 6.06. The van der Waals surface area contributed by atoms with Crippen molar-refractivity contribution in [3.63, 3.8) is 0 Å². The van der Waals surface area contributed by atoms with Crippen LogP contribution in [0.25, 0.3) is 0 Å². The molecule has 1 N–H and O–H groups in total. The summed E-state index contributed by atoms with van der Waals surface area (Å²) in [4.78, 5) is 4.48. The van der Waals surface area contributed by atoms with Crippen molar-refractivity contribution in [3.05, 3.63) is 28.8 Å². The number of likely N-dealkylation sites (N-methyl/N-ethyl adjacent to an activating group) is 2. The number of benzene rings is 1. The van der Waals surface area contributed by atoms with Crippen LogP contribution in [0.1, 0.15) is 18.1 Å². The molecule has 1 aromatic carbocycles. The van der Waals surface area contributed by atoms with Crippen LogP contribution in [0.4, 0.5) is 0 Å². The van der Waals surface area contributed by atoms with Gasteiger partial charge in [-0.05, 0) is 51.8 Å². The number of halogens is 1. The van der Waals surface area contributed by atoms with E-state index in [9.17, 15) is 5.11 Å². The van der Waals surface area contributed by atoms with Gasteiger partial charge < -0.3 is 14.7 Å². The maximum Gasteiger partial charge on any atom is 0.124 e. The van der Waals surface area contributed by atoms with Gasteiger partial charge in [-0.1, -0.05) is 11.6 Å². The Labute approximate surface area is 125 Å². The Morgan fingerprint density at radius 2 is 2.10 bits per heavy atom. The number of ether oxygens (including phenoxy) is 1. The zero-order chi connectivity index (χ0) is 14.7. The van der Waals surface area contributed by atoms with Crippen molar-refractivity contribution in [2.24, 2.45) is 0 Å². The minimum absolute atomic E-state index is 0.0369. The third-order valence-corrected chi connectivity index (χ3v) is 4.23. The molecule has 20 heavy (non-hydrogen) atoms. The molecule has 0 aliphatic carbocycles. The molecule has 0 bridgehead atoms. The van der Waals surface area contributed by atoms with Crippen molar-refractivity contribution in [2.45, 2.75) is 18.6 Å². The van der Waals surface area contributed by atoms with Gasteiger partial charge in [-0.15, -0.1) is 0 Å². The first-order valence-corrected chi connectivity index (χ1v) is 7.31. The van der Waals surface area contributed by atoms with Crippen LogP contribution in [-0.2, 0) is 0 Å². The van der Waals surface area contributed by atoms with Gasteiger partial charge in [0.2, 0.25) is 0 Å². The number of rotatable bonds is 3. The van der Waals surface area contributed by atoms with Crippen LogP contribution in [-0.4, -0.2) is 61.8 Å². The second-order valence-corrected chi connectivity index (χ2v) is 5.93. The van der Waals surface area contributed by atoms with E-state index in [0.717, 1.165) is 31.6 Å². The van der Waals surface area contributed by atoms with E-state index in [0.29, 0.717) is 10.8 Å². The zero-order valence-corrected chi connectivity index (χ0v) is 13.1. The molecule has 112 valence electrons. The van der Waals surface area contributed by atoms with Crippen molar-refractivity contribution in [3.8, 4) is 5.75 Å². The highest BCUT2D eigenvalue weighted by Crippen LogP contribution is 2.32. The van der Waals surface area contributed by atoms with Crippen LogP contribution < -0.4 is 4.74 Å². The van der Waals surface area contributed by atoms with Crippen LogP contribution in [0.3, 0.4) is 0 Å². The summed E-state index contributed by atoms with van der Waals surface area (Å²) in [6, 6.07) is 5.42. The highest BCUT2D eigenvalue weighted by atomic mass is 35.5. The van der Waals surface area contributed by atoms with Crippen molar-refractivity contribution in [1.29, 1.82) is 0 Å². The fourth-order valence-corrected chi connectivity index (χ4v) is 2.97. The zero-order valence-electron chi connectivity index (χ0n) is 12.3. The Bertz CT molecular complexity index is 455. The summed E-state index contributed by atoms with van der Waals surface area (Å²) in [5, 5.41) is 11.4. The maximum atomic E-state index is 10.8. The Morgan fingerprint density at radius 1 is 1.35 bits per heavy atom. The minimum atomic E-state index is -0.616. The summed E-state index contributed by atoms with van der Waals surface area (Å²) in [6.07, 6.45) is 0.498. The molecule has 1 aliphatic rings. The van der Waals surface area contributed by atoms with E-state index < -0.39 is 6.10 Å². The normalized spacial score (nSPS) is 23.4. The molecule has 0 saturated carbocycles. The molecule has 1 fully saturated rings. The van der Waals surface area contributed by atoms with Gasteiger partial charge >= 0.3 is 0 Å². The number of hydrogen-bond acceptors (Lipinski definition) is 4. The molecule has 0 spiro atoms. The van der Waals surface area contributed by atoms with E-state index in [1.165, 1.54) is 0 Å². The highest BCUT2D eigenvalue weighted by Gasteiger charge is 2.30. The first-order valence-electron chi connectivity index (χ1n) is 6.93. The number of methoxy groups -OCH3 is 1. The van der Waals surface area contributed by atoms with Crippen LogP contribution in [0.15, 0.2) is 18.2 Å². The smallest absolute Gasteiger partial charge is 0.124 e. The molecular formula is C15H23ClN2O2. The number of aliphatic hydroxyl groups is 1. The first kappa shape index (κ1) is 15.6. The SMILES string of the molecule is COc1ccc(Cl)cc1C(O)C1CN(C)CCCN1C. The molecule has 5 heteroatoms. The molecule has 2 unspecified atom stereocenters. The van der Waals surface area contributed by atoms with Crippen molar-refractivity contribution in [1.82, 2.24) is 9.80 Å². The van der Waals surface area contributed by atoms with Crippen molar-refractivity contribution >= 4 is 11.6 Å². The fourth-order valence-electron chi connectivity index (χ4n) is 2.79. The third-order valence-electron chi connectivity index (χ3n) is 3.99. The molecule has 1 aromatic rings. The molecule has 0 amide bonds. The van der Waals surface area contributed by atoms with E-state index in [2.05, 4.69) is 23.9 Å². The number of aliphatic hydroxyl groups excluding tert-OH is 1. The summed E-state index contributed by atoms with van der Waals surface area (Å²) in [6.45, 7) is 2.86. The Morgan fingerprint density at radius 3 is 2.80 bits per heavy atom. The molecule has 0 aromatic heterocycles. The van der Waals surface area contributed by atoms with Gasteiger partial charge in [0, 0.05) is 17.1 Å². The largest absolute Gasteiger partial charge is 0.496 e. The minimum Gasteiger partial charge on any atom is -0.496 e. The highest BCUT2D eigenvalue weighted by molar-refractivity contribution is 6.30. The van der Waals surface area contributed by atoms with Crippen LogP contribution in [0.2, 0.25) is 5.02 Å². The van der Waals surface area contributed by atoms with Crippen LogP contribution in [0.5, 0.6) is 5.75 Å².